The first-order valence-electron chi connectivity index (χ1n) is 11.7. The number of carbonyl (C=O) groups is 1. The van der Waals surface area contributed by atoms with Gasteiger partial charge >= 0.3 is 0 Å². The molecule has 34 heavy (non-hydrogen) atoms. The number of para-hydroxylation sites is 3. The Kier molecular flexibility index (Phi) is 6.53. The van der Waals surface area contributed by atoms with Gasteiger partial charge in [0.2, 0.25) is 5.91 Å². The summed E-state index contributed by atoms with van der Waals surface area (Å²) in [6.45, 7) is 2.26. The van der Waals surface area contributed by atoms with Crippen LogP contribution in [0.3, 0.4) is 0 Å². The second-order valence-electron chi connectivity index (χ2n) is 8.57. The van der Waals surface area contributed by atoms with Gasteiger partial charge in [-0.3, -0.25) is 19.5 Å². The van der Waals surface area contributed by atoms with Gasteiger partial charge in [0.25, 0.3) is 5.69 Å². The van der Waals surface area contributed by atoms with Crippen molar-refractivity contribution in [2.45, 2.75) is 30.8 Å². The zero-order chi connectivity index (χ0) is 23.5. The van der Waals surface area contributed by atoms with Gasteiger partial charge in [0, 0.05) is 43.6 Å². The van der Waals surface area contributed by atoms with Crippen molar-refractivity contribution in [2.24, 2.45) is 0 Å². The minimum absolute atomic E-state index is 0.0767. The van der Waals surface area contributed by atoms with E-state index >= 15 is 0 Å². The Bertz CT molecular complexity index is 1190. The van der Waals surface area contributed by atoms with E-state index in [2.05, 4.69) is 16.7 Å². The van der Waals surface area contributed by atoms with Crippen LogP contribution >= 0.6 is 11.8 Å². The molecule has 2 aliphatic rings. The molecule has 1 aliphatic carbocycles. The average molecular weight is 478 g/mol. The van der Waals surface area contributed by atoms with E-state index in [1.807, 2.05) is 34.1 Å². The summed E-state index contributed by atoms with van der Waals surface area (Å²) in [7, 11) is 0. The molecule has 0 N–H and O–H groups in total. The fourth-order valence-electron chi connectivity index (χ4n) is 4.76. The highest BCUT2D eigenvalue weighted by Gasteiger charge is 2.27. The number of piperazine rings is 1. The molecular formula is C25H27N5O3S. The first-order chi connectivity index (χ1) is 16.6. The van der Waals surface area contributed by atoms with Gasteiger partial charge in [0.15, 0.2) is 5.16 Å². The highest BCUT2D eigenvalue weighted by atomic mass is 32.2. The van der Waals surface area contributed by atoms with Crippen LogP contribution in [0.15, 0.2) is 59.8 Å². The number of nitro benzene ring substituents is 1. The number of amides is 1. The fourth-order valence-corrected chi connectivity index (χ4v) is 5.71. The summed E-state index contributed by atoms with van der Waals surface area (Å²) in [5, 5.41) is 12.2. The molecule has 0 atom stereocenters. The Labute approximate surface area is 202 Å². The Morgan fingerprint density at radius 3 is 2.44 bits per heavy atom. The fraction of sp³-hybridized carbons (Fsp3) is 0.360. The summed E-state index contributed by atoms with van der Waals surface area (Å²) in [5.41, 5.74) is 4.23. The highest BCUT2D eigenvalue weighted by Crippen LogP contribution is 2.31. The van der Waals surface area contributed by atoms with Gasteiger partial charge in [0.05, 0.1) is 16.4 Å². The largest absolute Gasteiger partial charge is 0.362 e. The number of anilines is 1. The van der Waals surface area contributed by atoms with Crippen molar-refractivity contribution in [3.05, 3.63) is 76.1 Å². The molecule has 0 radical (unpaired) electrons. The zero-order valence-corrected chi connectivity index (χ0v) is 19.7. The summed E-state index contributed by atoms with van der Waals surface area (Å²) in [6.07, 6.45) is 4.33. The van der Waals surface area contributed by atoms with E-state index in [-0.39, 0.29) is 16.5 Å². The van der Waals surface area contributed by atoms with Crippen molar-refractivity contribution in [1.82, 2.24) is 14.5 Å². The number of benzene rings is 2. The Morgan fingerprint density at radius 2 is 1.68 bits per heavy atom. The number of carbonyl (C=O) groups excluding carboxylic acids is 1. The number of aromatic nitrogens is 2. The summed E-state index contributed by atoms with van der Waals surface area (Å²) in [5.74, 6) is 0.404. The standard InChI is InChI=1S/C25H27N5O3S/c31-24(28-16-14-27(15-17-28)22-12-6-7-13-23(22)30(32)33)18-34-25-26-20-10-4-5-11-21(20)29(25)19-8-2-1-3-9-19/h1-3,6-9,12-13H,4-5,10-11,14-18H2. The number of hydrogen-bond acceptors (Lipinski definition) is 6. The molecular weight excluding hydrogens is 450 g/mol. The van der Waals surface area contributed by atoms with Crippen molar-refractivity contribution >= 4 is 29.0 Å². The smallest absolute Gasteiger partial charge is 0.292 e. The molecule has 8 nitrogen and oxygen atoms in total. The lowest BCUT2D eigenvalue weighted by Crippen LogP contribution is -2.49. The summed E-state index contributed by atoms with van der Waals surface area (Å²) in [6, 6.07) is 17.0. The minimum atomic E-state index is -0.349. The predicted octanol–water partition coefficient (Wildman–Crippen LogP) is 4.10. The average Bonchev–Trinajstić information content (AvgIpc) is 3.26. The number of aryl methyl sites for hydroxylation is 1. The van der Waals surface area contributed by atoms with Crippen molar-refractivity contribution < 1.29 is 9.72 Å². The first-order valence-corrected chi connectivity index (χ1v) is 12.7. The van der Waals surface area contributed by atoms with Gasteiger partial charge < -0.3 is 9.80 Å². The van der Waals surface area contributed by atoms with E-state index < -0.39 is 0 Å². The van der Waals surface area contributed by atoms with Crippen LogP contribution < -0.4 is 4.90 Å². The molecule has 0 saturated carbocycles. The van der Waals surface area contributed by atoms with Crippen LogP contribution in [-0.4, -0.2) is 57.2 Å². The Hall–Kier alpha value is -3.33. The summed E-state index contributed by atoms with van der Waals surface area (Å²) < 4.78 is 2.22. The highest BCUT2D eigenvalue weighted by molar-refractivity contribution is 7.99. The first kappa shape index (κ1) is 22.5. The van der Waals surface area contributed by atoms with Crippen molar-refractivity contribution in [3.8, 4) is 5.69 Å². The molecule has 2 aromatic carbocycles. The molecule has 1 fully saturated rings. The van der Waals surface area contributed by atoms with Crippen LogP contribution in [-0.2, 0) is 17.6 Å². The second kappa shape index (κ2) is 9.89. The molecule has 0 unspecified atom stereocenters. The number of imidazole rings is 1. The van der Waals surface area contributed by atoms with Gasteiger partial charge in [-0.15, -0.1) is 0 Å². The topological polar surface area (TPSA) is 84.5 Å². The molecule has 0 bridgehead atoms. The number of fused-ring (bicyclic) bond motifs is 1. The van der Waals surface area contributed by atoms with E-state index in [0.717, 1.165) is 35.8 Å². The third kappa shape index (κ3) is 4.52. The second-order valence-corrected chi connectivity index (χ2v) is 9.51. The predicted molar refractivity (Wildman–Crippen MR) is 133 cm³/mol. The van der Waals surface area contributed by atoms with Crippen LogP contribution in [0, 0.1) is 10.1 Å². The van der Waals surface area contributed by atoms with E-state index in [0.29, 0.717) is 37.6 Å². The van der Waals surface area contributed by atoms with E-state index in [4.69, 9.17) is 4.98 Å². The number of nitrogens with zero attached hydrogens (tertiary/aromatic N) is 5. The molecule has 2 heterocycles. The molecule has 1 aromatic heterocycles. The van der Waals surface area contributed by atoms with Crippen LogP contribution in [0.5, 0.6) is 0 Å². The Balaban J connectivity index is 1.25. The number of hydrogen-bond donors (Lipinski definition) is 0. The molecule has 0 spiro atoms. The monoisotopic (exact) mass is 477 g/mol. The lowest BCUT2D eigenvalue weighted by Gasteiger charge is -2.35. The maximum Gasteiger partial charge on any atom is 0.292 e. The molecule has 9 heteroatoms. The zero-order valence-electron chi connectivity index (χ0n) is 18.9. The quantitative estimate of drug-likeness (QED) is 0.302. The molecule has 176 valence electrons. The molecule has 3 aromatic rings. The van der Waals surface area contributed by atoms with Gasteiger partial charge in [0.1, 0.15) is 5.69 Å². The summed E-state index contributed by atoms with van der Waals surface area (Å²) in [4.78, 5) is 32.8. The SMILES string of the molecule is O=C(CSc1nc2c(n1-c1ccccc1)CCCC2)N1CCN(c2ccccc2[N+](=O)[O-])CC1. The summed E-state index contributed by atoms with van der Waals surface area (Å²) >= 11 is 1.50. The third-order valence-corrected chi connectivity index (χ3v) is 7.42. The minimum Gasteiger partial charge on any atom is -0.362 e. The van der Waals surface area contributed by atoms with E-state index in [1.54, 1.807) is 12.1 Å². The lowest BCUT2D eigenvalue weighted by molar-refractivity contribution is -0.384. The number of nitro groups is 1. The maximum absolute atomic E-state index is 13.0. The molecule has 5 rings (SSSR count). The molecule has 1 aliphatic heterocycles. The third-order valence-electron chi connectivity index (χ3n) is 6.49. The van der Waals surface area contributed by atoms with E-state index in [1.165, 1.54) is 29.9 Å². The Morgan fingerprint density at radius 1 is 0.971 bits per heavy atom. The van der Waals surface area contributed by atoms with Crippen LogP contribution in [0.2, 0.25) is 0 Å². The van der Waals surface area contributed by atoms with Gasteiger partial charge in [-0.05, 0) is 43.9 Å². The molecule has 1 amide bonds. The molecule has 1 saturated heterocycles. The van der Waals surface area contributed by atoms with Gasteiger partial charge in [-0.25, -0.2) is 4.98 Å². The normalized spacial score (nSPS) is 15.8. The van der Waals surface area contributed by atoms with Crippen LogP contribution in [0.25, 0.3) is 5.69 Å². The van der Waals surface area contributed by atoms with Crippen molar-refractivity contribution in [3.63, 3.8) is 0 Å². The number of thioether (sulfide) groups is 1. The van der Waals surface area contributed by atoms with Crippen LogP contribution in [0.4, 0.5) is 11.4 Å². The van der Waals surface area contributed by atoms with Gasteiger partial charge in [-0.2, -0.15) is 0 Å². The van der Waals surface area contributed by atoms with Crippen LogP contribution in [0.1, 0.15) is 24.2 Å². The van der Waals surface area contributed by atoms with Crippen molar-refractivity contribution in [1.29, 1.82) is 0 Å². The van der Waals surface area contributed by atoms with E-state index in [9.17, 15) is 14.9 Å². The number of rotatable bonds is 6. The lowest BCUT2D eigenvalue weighted by atomic mass is 10.0. The van der Waals surface area contributed by atoms with Crippen molar-refractivity contribution in [2.75, 3.05) is 36.8 Å². The maximum atomic E-state index is 13.0. The van der Waals surface area contributed by atoms with Gasteiger partial charge in [-0.1, -0.05) is 42.1 Å².